The van der Waals surface area contributed by atoms with Gasteiger partial charge in [-0.25, -0.2) is 4.39 Å². The third-order valence-corrected chi connectivity index (χ3v) is 4.52. The van der Waals surface area contributed by atoms with Gasteiger partial charge in [0.2, 0.25) is 5.91 Å². The number of carboxylic acid groups (broad SMARTS) is 1. The van der Waals surface area contributed by atoms with E-state index in [4.69, 9.17) is 44.6 Å². The van der Waals surface area contributed by atoms with E-state index in [1.807, 2.05) is 0 Å². The van der Waals surface area contributed by atoms with Crippen molar-refractivity contribution in [3.63, 3.8) is 0 Å². The van der Waals surface area contributed by atoms with Gasteiger partial charge < -0.3 is 20.5 Å². The minimum Gasteiger partial charge on any atom is -0.486 e. The van der Waals surface area contributed by atoms with Crippen molar-refractivity contribution >= 4 is 58.3 Å². The van der Waals surface area contributed by atoms with Crippen molar-refractivity contribution in [2.45, 2.75) is 20.0 Å². The molecule has 3 N–H and O–H groups in total. The average Bonchev–Trinajstić information content (AvgIpc) is 2.68. The molecule has 0 saturated carbocycles. The van der Waals surface area contributed by atoms with E-state index in [1.165, 1.54) is 24.3 Å². The summed E-state index contributed by atoms with van der Waals surface area (Å²) in [7, 11) is 0. The third kappa shape index (κ3) is 6.22. The summed E-state index contributed by atoms with van der Waals surface area (Å²) >= 11 is 18.2. The molecule has 2 aromatic rings. The number of carbonyl (C=O) groups is 3. The Kier molecular flexibility index (Phi) is 8.28. The predicted molar refractivity (Wildman–Crippen MR) is 111 cm³/mol. The highest BCUT2D eigenvalue weighted by atomic mass is 35.5. The molecule has 160 valence electrons. The van der Waals surface area contributed by atoms with Crippen LogP contribution in [0.2, 0.25) is 15.1 Å². The summed E-state index contributed by atoms with van der Waals surface area (Å²) < 4.78 is 20.2. The van der Waals surface area contributed by atoms with Crippen LogP contribution in [0.3, 0.4) is 0 Å². The molecule has 0 aliphatic rings. The molecule has 11 heteroatoms. The predicted octanol–water partition coefficient (Wildman–Crippen LogP) is 4.53. The molecule has 0 unspecified atom stereocenters. The molecule has 0 aromatic heterocycles. The van der Waals surface area contributed by atoms with Crippen LogP contribution in [0, 0.1) is 5.82 Å². The molecule has 30 heavy (non-hydrogen) atoms. The lowest BCUT2D eigenvalue weighted by Gasteiger charge is -2.14. The Morgan fingerprint density at radius 3 is 2.30 bits per heavy atom. The number of benzene rings is 2. The van der Waals surface area contributed by atoms with Crippen LogP contribution in [0.15, 0.2) is 24.3 Å². The summed E-state index contributed by atoms with van der Waals surface area (Å²) in [6.07, 6.45) is 0.162. The zero-order chi connectivity index (χ0) is 22.4. The fraction of sp³-hybridized carbons (Fsp3) is 0.211. The Hall–Kier alpha value is -2.55. The topological polar surface area (TPSA) is 105 Å². The second kappa shape index (κ2) is 10.5. The fourth-order valence-corrected chi connectivity index (χ4v) is 3.15. The van der Waals surface area contributed by atoms with Gasteiger partial charge >= 0.3 is 5.97 Å². The number of amides is 2. The van der Waals surface area contributed by atoms with Crippen LogP contribution in [-0.4, -0.2) is 29.4 Å². The number of hydrogen-bond acceptors (Lipinski definition) is 4. The van der Waals surface area contributed by atoms with Crippen molar-refractivity contribution in [3.8, 4) is 5.75 Å². The first-order valence-electron chi connectivity index (χ1n) is 8.52. The van der Waals surface area contributed by atoms with Gasteiger partial charge in [0.15, 0.2) is 11.6 Å². The molecule has 0 atom stereocenters. The summed E-state index contributed by atoms with van der Waals surface area (Å²) in [5.74, 6) is -3.01. The van der Waals surface area contributed by atoms with Gasteiger partial charge in [-0.05, 0) is 24.3 Å². The summed E-state index contributed by atoms with van der Waals surface area (Å²) in [4.78, 5) is 34.0. The molecule has 0 aliphatic carbocycles. The summed E-state index contributed by atoms with van der Waals surface area (Å²) in [6.45, 7) is 0.736. The first kappa shape index (κ1) is 23.7. The lowest BCUT2D eigenvalue weighted by atomic mass is 10.1. The van der Waals surface area contributed by atoms with E-state index < -0.39 is 24.2 Å². The molecule has 2 rings (SSSR count). The number of hydrogen-bond donors (Lipinski definition) is 3. The molecule has 0 saturated heterocycles. The van der Waals surface area contributed by atoms with Gasteiger partial charge in [-0.2, -0.15) is 0 Å². The van der Waals surface area contributed by atoms with Crippen LogP contribution in [0.4, 0.5) is 10.1 Å². The van der Waals surface area contributed by atoms with Gasteiger partial charge in [0.1, 0.15) is 13.2 Å². The van der Waals surface area contributed by atoms with Crippen molar-refractivity contribution in [1.29, 1.82) is 0 Å². The molecule has 0 spiro atoms. The highest BCUT2D eigenvalue weighted by Crippen LogP contribution is 2.35. The van der Waals surface area contributed by atoms with Gasteiger partial charge in [0.25, 0.3) is 5.91 Å². The highest BCUT2D eigenvalue weighted by molar-refractivity contribution is 6.37. The minimum atomic E-state index is -1.21. The maximum atomic E-state index is 14.7. The second-order valence-electron chi connectivity index (χ2n) is 5.96. The number of ether oxygens (including phenoxy) is 1. The van der Waals surface area contributed by atoms with Gasteiger partial charge in [-0.15, -0.1) is 0 Å². The number of carboxylic acids is 1. The van der Waals surface area contributed by atoms with E-state index in [9.17, 15) is 18.8 Å². The molecule has 0 radical (unpaired) electrons. The Balaban J connectivity index is 2.21. The summed E-state index contributed by atoms with van der Waals surface area (Å²) in [5, 5.41) is 13.3. The van der Waals surface area contributed by atoms with E-state index in [2.05, 4.69) is 10.6 Å². The first-order valence-corrected chi connectivity index (χ1v) is 9.65. The van der Waals surface area contributed by atoms with Crippen molar-refractivity contribution < 1.29 is 28.6 Å². The molecule has 2 amide bonds. The van der Waals surface area contributed by atoms with Crippen LogP contribution in [0.25, 0.3) is 0 Å². The molecule has 0 bridgehead atoms. The molecular weight excluding hydrogens is 462 g/mol. The Morgan fingerprint density at radius 1 is 1.10 bits per heavy atom. The van der Waals surface area contributed by atoms with Crippen LogP contribution in [0.1, 0.15) is 29.3 Å². The van der Waals surface area contributed by atoms with Crippen molar-refractivity contribution in [1.82, 2.24) is 5.32 Å². The Labute approximate surface area is 186 Å². The van der Waals surface area contributed by atoms with E-state index >= 15 is 0 Å². The van der Waals surface area contributed by atoms with Crippen LogP contribution < -0.4 is 15.4 Å². The van der Waals surface area contributed by atoms with E-state index in [-0.39, 0.29) is 56.6 Å². The lowest BCUT2D eigenvalue weighted by molar-refractivity contribution is -0.135. The van der Waals surface area contributed by atoms with Crippen molar-refractivity contribution in [2.24, 2.45) is 0 Å². The summed E-state index contributed by atoms with van der Waals surface area (Å²) in [5.41, 5.74) is -0.0167. The minimum absolute atomic E-state index is 0.00774. The quantitative estimate of drug-likeness (QED) is 0.518. The van der Waals surface area contributed by atoms with Crippen LogP contribution >= 0.6 is 34.8 Å². The van der Waals surface area contributed by atoms with E-state index in [0.717, 1.165) is 0 Å². The molecule has 0 heterocycles. The van der Waals surface area contributed by atoms with Gasteiger partial charge in [-0.3, -0.25) is 14.4 Å². The number of rotatable bonds is 8. The van der Waals surface area contributed by atoms with Gasteiger partial charge in [0, 0.05) is 22.6 Å². The van der Waals surface area contributed by atoms with Crippen LogP contribution in [-0.2, 0) is 16.2 Å². The molecule has 0 aliphatic heterocycles. The second-order valence-corrected chi connectivity index (χ2v) is 7.21. The van der Waals surface area contributed by atoms with E-state index in [1.54, 1.807) is 6.92 Å². The largest absolute Gasteiger partial charge is 0.486 e. The molecule has 7 nitrogen and oxygen atoms in total. The average molecular weight is 478 g/mol. The van der Waals surface area contributed by atoms with Crippen LogP contribution in [0.5, 0.6) is 5.75 Å². The number of nitrogens with one attached hydrogen (secondary N) is 2. The first-order chi connectivity index (χ1) is 14.1. The smallest absolute Gasteiger partial charge is 0.322 e. The maximum Gasteiger partial charge on any atom is 0.322 e. The number of halogens is 4. The van der Waals surface area contributed by atoms with Crippen molar-refractivity contribution in [3.05, 3.63) is 56.3 Å². The maximum absolute atomic E-state index is 14.7. The monoisotopic (exact) mass is 476 g/mol. The van der Waals surface area contributed by atoms with Crippen molar-refractivity contribution in [2.75, 3.05) is 11.9 Å². The normalized spacial score (nSPS) is 10.4. The Bertz CT molecular complexity index is 977. The number of anilines is 1. The molecular formula is C19H16Cl3FN2O5. The van der Waals surface area contributed by atoms with Gasteiger partial charge in [-0.1, -0.05) is 41.7 Å². The zero-order valence-electron chi connectivity index (χ0n) is 15.5. The fourth-order valence-electron chi connectivity index (χ4n) is 2.32. The van der Waals surface area contributed by atoms with Gasteiger partial charge in [0.05, 0.1) is 15.7 Å². The highest BCUT2D eigenvalue weighted by Gasteiger charge is 2.17. The van der Waals surface area contributed by atoms with E-state index in [0.29, 0.717) is 0 Å². The standard InChI is InChI=1S/C19H16Cl3FN2O5/c1-2-15(26)25-14-6-11(20)3-10(17(14)23)8-30-18-12(21)4-9(5-13(18)22)19(29)24-7-16(27)28/h3-6H,2,7-8H2,1H3,(H,24,29)(H,25,26)(H,27,28). The number of carbonyl (C=O) groups excluding carboxylic acids is 2. The molecule has 2 aromatic carbocycles. The zero-order valence-corrected chi connectivity index (χ0v) is 17.8. The SMILES string of the molecule is CCC(=O)Nc1cc(Cl)cc(COc2c(Cl)cc(C(=O)NCC(=O)O)cc2Cl)c1F. The third-order valence-electron chi connectivity index (χ3n) is 3.74. The lowest BCUT2D eigenvalue weighted by Crippen LogP contribution is -2.29. The molecule has 0 fully saturated rings. The summed E-state index contributed by atoms with van der Waals surface area (Å²) in [6, 6.07) is 5.08. The number of aliphatic carboxylic acids is 1. The Morgan fingerprint density at radius 2 is 1.73 bits per heavy atom.